The van der Waals surface area contributed by atoms with Gasteiger partial charge in [0.15, 0.2) is 5.89 Å². The number of ether oxygens (including phenoxy) is 3. The molecule has 1 saturated heterocycles. The van der Waals surface area contributed by atoms with E-state index in [9.17, 15) is 4.79 Å². The van der Waals surface area contributed by atoms with Crippen molar-refractivity contribution in [2.24, 2.45) is 0 Å². The second kappa shape index (κ2) is 10.2. The highest BCUT2D eigenvalue weighted by molar-refractivity contribution is 5.77. The molecule has 1 amide bonds. The van der Waals surface area contributed by atoms with Gasteiger partial charge in [-0.3, -0.25) is 4.79 Å². The van der Waals surface area contributed by atoms with E-state index in [1.54, 1.807) is 20.4 Å². The molecule has 0 unspecified atom stereocenters. The van der Waals surface area contributed by atoms with Crippen LogP contribution in [0.25, 0.3) is 0 Å². The summed E-state index contributed by atoms with van der Waals surface area (Å²) >= 11 is 0. The fourth-order valence-electron chi connectivity index (χ4n) is 3.34. The zero-order valence-corrected chi connectivity index (χ0v) is 16.6. The van der Waals surface area contributed by atoms with Crippen molar-refractivity contribution in [2.45, 2.75) is 25.2 Å². The molecule has 1 aliphatic rings. The van der Waals surface area contributed by atoms with E-state index in [1.165, 1.54) is 0 Å². The van der Waals surface area contributed by atoms with Crippen molar-refractivity contribution in [3.8, 4) is 5.75 Å². The van der Waals surface area contributed by atoms with Gasteiger partial charge in [-0.15, -0.1) is 0 Å². The van der Waals surface area contributed by atoms with Crippen LogP contribution in [-0.4, -0.2) is 62.9 Å². The van der Waals surface area contributed by atoms with Crippen molar-refractivity contribution >= 4 is 5.91 Å². The third-order valence-corrected chi connectivity index (χ3v) is 4.89. The van der Waals surface area contributed by atoms with Gasteiger partial charge in [-0.25, -0.2) is 4.98 Å². The van der Waals surface area contributed by atoms with E-state index in [4.69, 9.17) is 18.6 Å². The quantitative estimate of drug-likeness (QED) is 0.615. The van der Waals surface area contributed by atoms with Gasteiger partial charge in [0.1, 0.15) is 18.1 Å². The number of likely N-dealkylation sites (tertiary alicyclic amines) is 1. The summed E-state index contributed by atoms with van der Waals surface area (Å²) in [6.07, 6.45) is 4.37. The first kappa shape index (κ1) is 20.4. The number of hydrogen-bond donors (Lipinski definition) is 0. The minimum Gasteiger partial charge on any atom is -0.497 e. The molecule has 1 aromatic heterocycles. The summed E-state index contributed by atoms with van der Waals surface area (Å²) in [7, 11) is 3.27. The van der Waals surface area contributed by atoms with E-state index in [0.29, 0.717) is 32.1 Å². The number of rotatable bonds is 9. The minimum atomic E-state index is 0.00538. The van der Waals surface area contributed by atoms with Crippen LogP contribution in [0.4, 0.5) is 0 Å². The van der Waals surface area contributed by atoms with E-state index in [0.717, 1.165) is 36.5 Å². The smallest absolute Gasteiger partial charge is 0.248 e. The first-order chi connectivity index (χ1) is 13.7. The monoisotopic (exact) mass is 388 g/mol. The molecule has 0 bridgehead atoms. The van der Waals surface area contributed by atoms with E-state index >= 15 is 0 Å². The highest BCUT2D eigenvalue weighted by atomic mass is 16.5. The average Bonchev–Trinajstić information content (AvgIpc) is 3.20. The molecule has 0 spiro atoms. The molecule has 1 aliphatic heterocycles. The number of piperidine rings is 1. The number of oxazole rings is 1. The van der Waals surface area contributed by atoms with Gasteiger partial charge >= 0.3 is 0 Å². The molecule has 0 N–H and O–H groups in total. The van der Waals surface area contributed by atoms with E-state index in [1.807, 2.05) is 29.2 Å². The Bertz CT molecular complexity index is 744. The lowest BCUT2D eigenvalue weighted by atomic mass is 9.98. The molecule has 0 radical (unpaired) electrons. The second-order valence-electron chi connectivity index (χ2n) is 6.91. The number of hydrogen-bond acceptors (Lipinski definition) is 6. The first-order valence-corrected chi connectivity index (χ1v) is 9.61. The van der Waals surface area contributed by atoms with Crippen molar-refractivity contribution < 1.29 is 23.4 Å². The molecule has 7 heteroatoms. The van der Waals surface area contributed by atoms with E-state index in [2.05, 4.69) is 4.98 Å². The van der Waals surface area contributed by atoms with Gasteiger partial charge in [0.2, 0.25) is 5.91 Å². The SMILES string of the molecule is COCCOCC(=O)N1CCC[C@H](c2ncc(Cc3ccc(OC)cc3)o2)C1. The summed E-state index contributed by atoms with van der Waals surface area (Å²) < 4.78 is 21.5. The van der Waals surface area contributed by atoms with E-state index < -0.39 is 0 Å². The maximum Gasteiger partial charge on any atom is 0.248 e. The third kappa shape index (κ3) is 5.56. The maximum absolute atomic E-state index is 12.3. The lowest BCUT2D eigenvalue weighted by Gasteiger charge is -2.31. The Labute approximate surface area is 165 Å². The molecule has 1 aromatic carbocycles. The van der Waals surface area contributed by atoms with Gasteiger partial charge in [-0.2, -0.15) is 0 Å². The zero-order valence-electron chi connectivity index (χ0n) is 16.6. The maximum atomic E-state index is 12.3. The van der Waals surface area contributed by atoms with Crippen LogP contribution >= 0.6 is 0 Å². The van der Waals surface area contributed by atoms with Crippen LogP contribution < -0.4 is 4.74 Å². The number of aromatic nitrogens is 1. The number of nitrogens with zero attached hydrogens (tertiary/aromatic N) is 2. The van der Waals surface area contributed by atoms with Gasteiger partial charge in [0.25, 0.3) is 0 Å². The Morgan fingerprint density at radius 2 is 2.07 bits per heavy atom. The molecule has 1 atom stereocenters. The molecule has 0 saturated carbocycles. The van der Waals surface area contributed by atoms with Crippen LogP contribution in [0.3, 0.4) is 0 Å². The van der Waals surface area contributed by atoms with Crippen molar-refractivity contribution in [1.29, 1.82) is 0 Å². The highest BCUT2D eigenvalue weighted by Gasteiger charge is 2.27. The number of carbonyl (C=O) groups excluding carboxylic acids is 1. The molecular weight excluding hydrogens is 360 g/mol. The van der Waals surface area contributed by atoms with Crippen LogP contribution in [0.5, 0.6) is 5.75 Å². The summed E-state index contributed by atoms with van der Waals surface area (Å²) in [6.45, 7) is 2.37. The normalized spacial score (nSPS) is 16.9. The Hall–Kier alpha value is -2.38. The fraction of sp³-hybridized carbons (Fsp3) is 0.524. The van der Waals surface area contributed by atoms with Gasteiger partial charge in [0, 0.05) is 26.6 Å². The Morgan fingerprint density at radius 3 is 2.82 bits per heavy atom. The summed E-state index contributed by atoms with van der Waals surface area (Å²) in [5.41, 5.74) is 1.14. The summed E-state index contributed by atoms with van der Waals surface area (Å²) in [6, 6.07) is 7.91. The predicted octanol–water partition coefficient (Wildman–Crippen LogP) is 2.64. The van der Waals surface area contributed by atoms with Crippen molar-refractivity contribution in [1.82, 2.24) is 9.88 Å². The molecule has 2 aromatic rings. The molecule has 1 fully saturated rings. The third-order valence-electron chi connectivity index (χ3n) is 4.89. The molecular formula is C21H28N2O5. The number of amides is 1. The Morgan fingerprint density at radius 1 is 1.25 bits per heavy atom. The molecule has 152 valence electrons. The van der Waals surface area contributed by atoms with Crippen LogP contribution in [0.15, 0.2) is 34.9 Å². The van der Waals surface area contributed by atoms with Gasteiger partial charge in [-0.1, -0.05) is 12.1 Å². The summed E-state index contributed by atoms with van der Waals surface area (Å²) in [5.74, 6) is 2.50. The van der Waals surface area contributed by atoms with E-state index in [-0.39, 0.29) is 18.4 Å². The van der Waals surface area contributed by atoms with Gasteiger partial charge in [-0.05, 0) is 30.5 Å². The number of benzene rings is 1. The zero-order chi connectivity index (χ0) is 19.8. The lowest BCUT2D eigenvalue weighted by molar-refractivity contribution is -0.137. The highest BCUT2D eigenvalue weighted by Crippen LogP contribution is 2.27. The summed E-state index contributed by atoms with van der Waals surface area (Å²) in [4.78, 5) is 18.7. The fourth-order valence-corrected chi connectivity index (χ4v) is 3.34. The summed E-state index contributed by atoms with van der Waals surface area (Å²) in [5, 5.41) is 0. The van der Waals surface area contributed by atoms with Crippen molar-refractivity contribution in [3.63, 3.8) is 0 Å². The number of carbonyl (C=O) groups is 1. The topological polar surface area (TPSA) is 74.0 Å². The largest absolute Gasteiger partial charge is 0.497 e. The molecule has 7 nitrogen and oxygen atoms in total. The average molecular weight is 388 g/mol. The van der Waals surface area contributed by atoms with Crippen molar-refractivity contribution in [3.05, 3.63) is 47.7 Å². The standard InChI is InChI=1S/C21H28N2O5/c1-25-10-11-27-15-20(24)23-9-3-4-17(14-23)21-22-13-19(28-21)12-16-5-7-18(26-2)8-6-16/h5-8,13,17H,3-4,9-12,14-15H2,1-2H3/t17-/m0/s1. The van der Waals surface area contributed by atoms with Crippen LogP contribution in [0.1, 0.15) is 36.0 Å². The molecule has 0 aliphatic carbocycles. The predicted molar refractivity (Wildman–Crippen MR) is 104 cm³/mol. The second-order valence-corrected chi connectivity index (χ2v) is 6.91. The van der Waals surface area contributed by atoms with Gasteiger partial charge < -0.3 is 23.5 Å². The lowest BCUT2D eigenvalue weighted by Crippen LogP contribution is -2.41. The molecule has 28 heavy (non-hydrogen) atoms. The van der Waals surface area contributed by atoms with Crippen LogP contribution in [-0.2, 0) is 20.7 Å². The van der Waals surface area contributed by atoms with Crippen LogP contribution in [0, 0.1) is 0 Å². The first-order valence-electron chi connectivity index (χ1n) is 9.61. The molecule has 3 rings (SSSR count). The molecule has 2 heterocycles. The number of methoxy groups -OCH3 is 2. The Kier molecular flexibility index (Phi) is 7.45. The Balaban J connectivity index is 1.54. The van der Waals surface area contributed by atoms with Crippen LogP contribution in [0.2, 0.25) is 0 Å². The van der Waals surface area contributed by atoms with Crippen molar-refractivity contribution in [2.75, 3.05) is 47.1 Å². The minimum absolute atomic E-state index is 0.00538. The van der Waals surface area contributed by atoms with Gasteiger partial charge in [0.05, 0.1) is 32.4 Å².